The SMILES string of the molecule is CCCCCCn1ccc(C(N)C(C)C)c1. The lowest BCUT2D eigenvalue weighted by Crippen LogP contribution is -2.15. The molecule has 1 unspecified atom stereocenters. The smallest absolute Gasteiger partial charge is 0.0333 e. The average Bonchev–Trinajstić information content (AvgIpc) is 2.72. The number of hydrogen-bond donors (Lipinski definition) is 1. The van der Waals surface area contributed by atoms with Crippen molar-refractivity contribution in [1.29, 1.82) is 0 Å². The highest BCUT2D eigenvalue weighted by molar-refractivity contribution is 5.15. The van der Waals surface area contributed by atoms with Gasteiger partial charge in [-0.2, -0.15) is 0 Å². The molecule has 1 aromatic heterocycles. The molecule has 0 radical (unpaired) electrons. The fourth-order valence-electron chi connectivity index (χ4n) is 1.90. The maximum Gasteiger partial charge on any atom is 0.0333 e. The van der Waals surface area contributed by atoms with Gasteiger partial charge < -0.3 is 10.3 Å². The first-order valence-corrected chi connectivity index (χ1v) is 6.56. The standard InChI is InChI=1S/C14H26N2/c1-4-5-6-7-9-16-10-8-13(11-16)14(15)12(2)3/h8,10-12,14H,4-7,9,15H2,1-3H3. The van der Waals surface area contributed by atoms with Crippen LogP contribution in [-0.2, 0) is 6.54 Å². The highest BCUT2D eigenvalue weighted by Crippen LogP contribution is 2.19. The van der Waals surface area contributed by atoms with Crippen molar-refractivity contribution in [2.75, 3.05) is 0 Å². The second-order valence-corrected chi connectivity index (χ2v) is 5.01. The second-order valence-electron chi connectivity index (χ2n) is 5.01. The summed E-state index contributed by atoms with van der Waals surface area (Å²) in [6.45, 7) is 7.72. The van der Waals surface area contributed by atoms with E-state index in [1.807, 2.05) is 0 Å². The van der Waals surface area contributed by atoms with Crippen LogP contribution in [0.5, 0.6) is 0 Å². The molecule has 16 heavy (non-hydrogen) atoms. The van der Waals surface area contributed by atoms with Crippen molar-refractivity contribution in [3.05, 3.63) is 24.0 Å². The summed E-state index contributed by atoms with van der Waals surface area (Å²) in [5, 5.41) is 0. The molecule has 0 fully saturated rings. The molecule has 1 atom stereocenters. The predicted molar refractivity (Wildman–Crippen MR) is 70.3 cm³/mol. The molecule has 0 bridgehead atoms. The Labute approximate surface area is 99.8 Å². The van der Waals surface area contributed by atoms with Crippen molar-refractivity contribution >= 4 is 0 Å². The van der Waals surface area contributed by atoms with E-state index >= 15 is 0 Å². The number of hydrogen-bond acceptors (Lipinski definition) is 1. The fraction of sp³-hybridized carbons (Fsp3) is 0.714. The summed E-state index contributed by atoms with van der Waals surface area (Å²) in [7, 11) is 0. The predicted octanol–water partition coefficient (Wildman–Crippen LogP) is 3.72. The molecule has 0 spiro atoms. The molecule has 0 saturated heterocycles. The van der Waals surface area contributed by atoms with E-state index in [4.69, 9.17) is 5.73 Å². The zero-order chi connectivity index (χ0) is 12.0. The highest BCUT2D eigenvalue weighted by Gasteiger charge is 2.11. The van der Waals surface area contributed by atoms with Crippen molar-refractivity contribution in [2.45, 2.75) is 59.0 Å². The summed E-state index contributed by atoms with van der Waals surface area (Å²) in [6, 6.07) is 2.33. The average molecular weight is 222 g/mol. The van der Waals surface area contributed by atoms with Crippen molar-refractivity contribution in [1.82, 2.24) is 4.57 Å². The molecule has 0 saturated carbocycles. The van der Waals surface area contributed by atoms with Crippen LogP contribution in [0.25, 0.3) is 0 Å². The Morgan fingerprint density at radius 3 is 2.62 bits per heavy atom. The Balaban J connectivity index is 2.39. The normalized spacial score (nSPS) is 13.3. The topological polar surface area (TPSA) is 30.9 Å². The summed E-state index contributed by atoms with van der Waals surface area (Å²) in [4.78, 5) is 0. The first-order valence-electron chi connectivity index (χ1n) is 6.56. The molecular weight excluding hydrogens is 196 g/mol. The molecule has 0 aliphatic carbocycles. The first kappa shape index (κ1) is 13.3. The molecule has 0 amide bonds. The van der Waals surface area contributed by atoms with Gasteiger partial charge in [-0.15, -0.1) is 0 Å². The number of unbranched alkanes of at least 4 members (excludes halogenated alkanes) is 3. The molecule has 0 aliphatic heterocycles. The van der Waals surface area contributed by atoms with Crippen molar-refractivity contribution in [3.63, 3.8) is 0 Å². The Hall–Kier alpha value is -0.760. The van der Waals surface area contributed by atoms with Gasteiger partial charge >= 0.3 is 0 Å². The number of nitrogens with zero attached hydrogens (tertiary/aromatic N) is 1. The largest absolute Gasteiger partial charge is 0.354 e. The minimum Gasteiger partial charge on any atom is -0.354 e. The Bertz CT molecular complexity index is 289. The molecule has 1 heterocycles. The maximum absolute atomic E-state index is 6.11. The Kier molecular flexibility index (Phi) is 5.61. The van der Waals surface area contributed by atoms with Crippen LogP contribution >= 0.6 is 0 Å². The molecular formula is C14H26N2. The highest BCUT2D eigenvalue weighted by atomic mass is 14.9. The van der Waals surface area contributed by atoms with E-state index in [2.05, 4.69) is 43.8 Å². The van der Waals surface area contributed by atoms with Gasteiger partial charge in [0.15, 0.2) is 0 Å². The molecule has 1 aromatic rings. The Morgan fingerprint density at radius 2 is 2.00 bits per heavy atom. The van der Waals surface area contributed by atoms with Crippen molar-refractivity contribution in [3.8, 4) is 0 Å². The number of nitrogens with two attached hydrogens (primary N) is 1. The lowest BCUT2D eigenvalue weighted by atomic mass is 10.00. The molecule has 1 rings (SSSR count). The van der Waals surface area contributed by atoms with E-state index in [-0.39, 0.29) is 6.04 Å². The lowest BCUT2D eigenvalue weighted by molar-refractivity contribution is 0.512. The van der Waals surface area contributed by atoms with Crippen LogP contribution in [0.1, 0.15) is 58.1 Å². The van der Waals surface area contributed by atoms with Crippen LogP contribution in [0.15, 0.2) is 18.5 Å². The molecule has 2 N–H and O–H groups in total. The van der Waals surface area contributed by atoms with Gasteiger partial charge in [-0.05, 0) is 24.0 Å². The molecule has 2 heteroatoms. The van der Waals surface area contributed by atoms with Gasteiger partial charge in [0.05, 0.1) is 0 Å². The van der Waals surface area contributed by atoms with Gasteiger partial charge in [0.1, 0.15) is 0 Å². The zero-order valence-corrected chi connectivity index (χ0v) is 10.9. The minimum atomic E-state index is 0.178. The van der Waals surface area contributed by atoms with Gasteiger partial charge in [0.2, 0.25) is 0 Å². The quantitative estimate of drug-likeness (QED) is 0.700. The van der Waals surface area contributed by atoms with E-state index in [9.17, 15) is 0 Å². The summed E-state index contributed by atoms with van der Waals surface area (Å²) in [5.41, 5.74) is 7.38. The van der Waals surface area contributed by atoms with Crippen molar-refractivity contribution < 1.29 is 0 Å². The zero-order valence-electron chi connectivity index (χ0n) is 10.9. The fourth-order valence-corrected chi connectivity index (χ4v) is 1.90. The number of aromatic nitrogens is 1. The maximum atomic E-state index is 6.11. The van der Waals surface area contributed by atoms with Crippen LogP contribution in [-0.4, -0.2) is 4.57 Å². The lowest BCUT2D eigenvalue weighted by Gasteiger charge is -2.13. The number of rotatable bonds is 7. The minimum absolute atomic E-state index is 0.178. The molecule has 2 nitrogen and oxygen atoms in total. The monoisotopic (exact) mass is 222 g/mol. The summed E-state index contributed by atoms with van der Waals surface area (Å²) in [6.07, 6.45) is 9.62. The summed E-state index contributed by atoms with van der Waals surface area (Å²) in [5.74, 6) is 0.510. The summed E-state index contributed by atoms with van der Waals surface area (Å²) >= 11 is 0. The van der Waals surface area contributed by atoms with Crippen LogP contribution in [0.4, 0.5) is 0 Å². The van der Waals surface area contributed by atoms with Crippen LogP contribution < -0.4 is 5.73 Å². The van der Waals surface area contributed by atoms with E-state index in [1.54, 1.807) is 0 Å². The molecule has 0 aliphatic rings. The third-order valence-electron chi connectivity index (χ3n) is 3.15. The van der Waals surface area contributed by atoms with Crippen LogP contribution in [0.2, 0.25) is 0 Å². The van der Waals surface area contributed by atoms with Gasteiger partial charge in [-0.25, -0.2) is 0 Å². The van der Waals surface area contributed by atoms with Gasteiger partial charge in [-0.1, -0.05) is 40.0 Å². The summed E-state index contributed by atoms with van der Waals surface area (Å²) < 4.78 is 2.27. The first-order chi connectivity index (χ1) is 7.65. The van der Waals surface area contributed by atoms with Crippen LogP contribution in [0.3, 0.4) is 0 Å². The third kappa shape index (κ3) is 4.01. The van der Waals surface area contributed by atoms with Crippen LogP contribution in [0, 0.1) is 5.92 Å². The third-order valence-corrected chi connectivity index (χ3v) is 3.15. The Morgan fingerprint density at radius 1 is 1.25 bits per heavy atom. The van der Waals surface area contributed by atoms with Gasteiger partial charge in [0, 0.05) is 25.0 Å². The van der Waals surface area contributed by atoms with Gasteiger partial charge in [0.25, 0.3) is 0 Å². The second kappa shape index (κ2) is 6.74. The van der Waals surface area contributed by atoms with E-state index in [0.717, 1.165) is 6.54 Å². The van der Waals surface area contributed by atoms with E-state index in [0.29, 0.717) is 5.92 Å². The van der Waals surface area contributed by atoms with Gasteiger partial charge in [-0.3, -0.25) is 0 Å². The molecule has 0 aromatic carbocycles. The van der Waals surface area contributed by atoms with E-state index < -0.39 is 0 Å². The van der Waals surface area contributed by atoms with E-state index in [1.165, 1.54) is 31.2 Å². The number of aryl methyl sites for hydroxylation is 1. The molecule has 92 valence electrons. The van der Waals surface area contributed by atoms with Crippen molar-refractivity contribution in [2.24, 2.45) is 11.7 Å².